The van der Waals surface area contributed by atoms with Crippen LogP contribution in [0.25, 0.3) is 0 Å². The number of hydrogen-bond acceptors (Lipinski definition) is 4. The molecular formula is C28H40O4. The second kappa shape index (κ2) is 8.02. The Bertz CT molecular complexity index is 855. The topological polar surface area (TPSA) is 52.6 Å². The minimum absolute atomic E-state index is 0.0350. The van der Waals surface area contributed by atoms with Gasteiger partial charge in [0.05, 0.1) is 11.2 Å². The van der Waals surface area contributed by atoms with E-state index in [0.29, 0.717) is 23.7 Å². The lowest BCUT2D eigenvalue weighted by molar-refractivity contribution is -0.159. The lowest BCUT2D eigenvalue weighted by Crippen LogP contribution is -2.56. The maximum Gasteiger partial charge on any atom is 0.302 e. The lowest BCUT2D eigenvalue weighted by atomic mass is 9.44. The molecule has 0 saturated heterocycles. The van der Waals surface area contributed by atoms with E-state index in [-0.39, 0.29) is 29.0 Å². The summed E-state index contributed by atoms with van der Waals surface area (Å²) < 4.78 is 12.3. The van der Waals surface area contributed by atoms with Crippen molar-refractivity contribution in [2.45, 2.75) is 104 Å². The van der Waals surface area contributed by atoms with Gasteiger partial charge in [0.25, 0.3) is 0 Å². The molecule has 0 spiro atoms. The Morgan fingerprint density at radius 2 is 1.97 bits per heavy atom. The SMILES string of the molecule is CC(=O)OC1CC[C@H]2[C@@H]3C(C)CC4=C(C)C(OC5=CCCC5)CC[C@]4(C=O)[C@@H]3CC[C@]12C. The maximum absolute atomic E-state index is 12.9. The number of aldehydes is 1. The van der Waals surface area contributed by atoms with Crippen LogP contribution in [0.3, 0.4) is 0 Å². The number of ether oxygens (including phenoxy) is 2. The normalized spacial score (nSPS) is 45.4. The molecule has 5 aliphatic rings. The van der Waals surface area contributed by atoms with Crippen molar-refractivity contribution in [1.82, 2.24) is 0 Å². The summed E-state index contributed by atoms with van der Waals surface area (Å²) >= 11 is 0. The number of hydrogen-bond donors (Lipinski definition) is 0. The van der Waals surface area contributed by atoms with Gasteiger partial charge in [-0.3, -0.25) is 4.79 Å². The molecule has 0 heterocycles. The van der Waals surface area contributed by atoms with Crippen LogP contribution in [0, 0.1) is 34.5 Å². The molecule has 3 fully saturated rings. The highest BCUT2D eigenvalue weighted by atomic mass is 16.5. The monoisotopic (exact) mass is 440 g/mol. The van der Waals surface area contributed by atoms with Crippen molar-refractivity contribution in [3.8, 4) is 0 Å². The van der Waals surface area contributed by atoms with E-state index in [1.54, 1.807) is 0 Å². The smallest absolute Gasteiger partial charge is 0.302 e. The van der Waals surface area contributed by atoms with Crippen LogP contribution in [0.5, 0.6) is 0 Å². The molecule has 3 unspecified atom stereocenters. The highest BCUT2D eigenvalue weighted by Gasteiger charge is 2.63. The second-order valence-corrected chi connectivity index (χ2v) is 11.7. The summed E-state index contributed by atoms with van der Waals surface area (Å²) in [5.74, 6) is 3.03. The molecule has 5 aliphatic carbocycles. The molecule has 0 aromatic heterocycles. The summed E-state index contributed by atoms with van der Waals surface area (Å²) in [5.41, 5.74) is 2.47. The highest BCUT2D eigenvalue weighted by Crippen LogP contribution is 2.67. The molecule has 5 rings (SSSR count). The molecule has 4 heteroatoms. The van der Waals surface area contributed by atoms with Crippen molar-refractivity contribution in [3.05, 3.63) is 23.0 Å². The van der Waals surface area contributed by atoms with Crippen molar-refractivity contribution in [1.29, 1.82) is 0 Å². The van der Waals surface area contributed by atoms with Crippen molar-refractivity contribution >= 4 is 12.3 Å². The fourth-order valence-electron chi connectivity index (χ4n) is 8.75. The summed E-state index contributed by atoms with van der Waals surface area (Å²) in [6.45, 7) is 8.53. The predicted octanol–water partition coefficient (Wildman–Crippen LogP) is 6.15. The van der Waals surface area contributed by atoms with Gasteiger partial charge in [-0.2, -0.15) is 0 Å². The molecule has 0 N–H and O–H groups in total. The van der Waals surface area contributed by atoms with E-state index < -0.39 is 0 Å². The molecule has 8 atom stereocenters. The largest absolute Gasteiger partial charge is 0.491 e. The molecule has 4 nitrogen and oxygen atoms in total. The van der Waals surface area contributed by atoms with Gasteiger partial charge in [-0.1, -0.05) is 19.4 Å². The van der Waals surface area contributed by atoms with E-state index in [9.17, 15) is 9.59 Å². The van der Waals surface area contributed by atoms with Crippen molar-refractivity contribution in [3.63, 3.8) is 0 Å². The first-order chi connectivity index (χ1) is 15.3. The van der Waals surface area contributed by atoms with Crippen LogP contribution in [-0.2, 0) is 19.1 Å². The van der Waals surface area contributed by atoms with Crippen LogP contribution in [0.4, 0.5) is 0 Å². The van der Waals surface area contributed by atoms with Gasteiger partial charge in [0.1, 0.15) is 18.5 Å². The summed E-state index contributed by atoms with van der Waals surface area (Å²) in [6.07, 6.45) is 14.2. The first kappa shape index (κ1) is 22.2. The zero-order valence-electron chi connectivity index (χ0n) is 20.3. The summed E-state index contributed by atoms with van der Waals surface area (Å²) in [4.78, 5) is 24.6. The van der Waals surface area contributed by atoms with Gasteiger partial charge < -0.3 is 14.3 Å². The minimum Gasteiger partial charge on any atom is -0.491 e. The highest BCUT2D eigenvalue weighted by molar-refractivity contribution is 5.68. The molecule has 0 aromatic rings. The fraction of sp³-hybridized carbons (Fsp3) is 0.786. The zero-order chi connectivity index (χ0) is 22.7. The molecule has 0 amide bonds. The average Bonchev–Trinajstić information content (AvgIpc) is 3.38. The van der Waals surface area contributed by atoms with Crippen LogP contribution in [0.1, 0.15) is 91.9 Å². The molecule has 32 heavy (non-hydrogen) atoms. The van der Waals surface area contributed by atoms with Crippen LogP contribution in [0.2, 0.25) is 0 Å². The molecule has 176 valence electrons. The Labute approximate surface area is 193 Å². The number of esters is 1. The molecule has 0 bridgehead atoms. The summed E-state index contributed by atoms with van der Waals surface area (Å²) in [6, 6.07) is 0. The minimum atomic E-state index is -0.313. The zero-order valence-corrected chi connectivity index (χ0v) is 20.3. The van der Waals surface area contributed by atoms with E-state index >= 15 is 0 Å². The third-order valence-electron chi connectivity index (χ3n) is 10.2. The first-order valence-electron chi connectivity index (χ1n) is 13.0. The molecule has 0 aromatic carbocycles. The molecule has 3 saturated carbocycles. The number of allylic oxidation sites excluding steroid dienone is 3. The van der Waals surface area contributed by atoms with Crippen LogP contribution in [-0.4, -0.2) is 24.5 Å². The number of carbonyl (C=O) groups excluding carboxylic acids is 2. The Balaban J connectivity index is 1.46. The van der Waals surface area contributed by atoms with Gasteiger partial charge in [0.15, 0.2) is 0 Å². The predicted molar refractivity (Wildman–Crippen MR) is 124 cm³/mol. The third kappa shape index (κ3) is 3.22. The van der Waals surface area contributed by atoms with E-state index in [4.69, 9.17) is 9.47 Å². The van der Waals surface area contributed by atoms with Crippen LogP contribution in [0.15, 0.2) is 23.0 Å². The number of fused-ring (bicyclic) bond motifs is 5. The number of rotatable bonds is 4. The molecular weight excluding hydrogens is 400 g/mol. The lowest BCUT2D eigenvalue weighted by Gasteiger charge is -2.60. The van der Waals surface area contributed by atoms with Crippen molar-refractivity contribution < 1.29 is 19.1 Å². The Morgan fingerprint density at radius 3 is 2.66 bits per heavy atom. The van der Waals surface area contributed by atoms with Crippen LogP contribution < -0.4 is 0 Å². The summed E-state index contributed by atoms with van der Waals surface area (Å²) in [7, 11) is 0. The standard InChI is InChI=1S/C28H40O4/c1-17-15-23-18(2)24(32-20-7-5-6-8-20)12-14-28(23,16-29)22-11-13-27(4)21(26(17)22)9-10-25(27)31-19(3)30/h7,16-17,21-22,24-26H,5-6,8-15H2,1-4H3/t17?,21-,22+,24?,25?,26-,27-,28-/m0/s1. The van der Waals surface area contributed by atoms with Crippen molar-refractivity contribution in [2.24, 2.45) is 34.5 Å². The van der Waals surface area contributed by atoms with E-state index in [1.807, 2.05) is 0 Å². The summed E-state index contributed by atoms with van der Waals surface area (Å²) in [5, 5.41) is 0. The van der Waals surface area contributed by atoms with Gasteiger partial charge in [-0.25, -0.2) is 0 Å². The number of carbonyl (C=O) groups is 2. The molecule has 0 radical (unpaired) electrons. The van der Waals surface area contributed by atoms with Crippen LogP contribution >= 0.6 is 0 Å². The van der Waals surface area contributed by atoms with Gasteiger partial charge in [-0.15, -0.1) is 0 Å². The quantitative estimate of drug-likeness (QED) is 0.299. The Morgan fingerprint density at radius 1 is 1.16 bits per heavy atom. The maximum atomic E-state index is 12.9. The first-order valence-corrected chi connectivity index (χ1v) is 13.0. The van der Waals surface area contributed by atoms with Gasteiger partial charge in [0, 0.05) is 18.8 Å². The van der Waals surface area contributed by atoms with E-state index in [2.05, 4.69) is 26.8 Å². The van der Waals surface area contributed by atoms with Gasteiger partial charge in [-0.05, 0) is 100 Å². The molecule has 0 aliphatic heterocycles. The third-order valence-corrected chi connectivity index (χ3v) is 10.2. The average molecular weight is 441 g/mol. The van der Waals surface area contributed by atoms with Gasteiger partial charge >= 0.3 is 5.97 Å². The Kier molecular flexibility index (Phi) is 5.57. The van der Waals surface area contributed by atoms with Gasteiger partial charge in [0.2, 0.25) is 0 Å². The van der Waals surface area contributed by atoms with E-state index in [1.165, 1.54) is 30.8 Å². The fourth-order valence-corrected chi connectivity index (χ4v) is 8.75. The second-order valence-electron chi connectivity index (χ2n) is 11.7. The van der Waals surface area contributed by atoms with E-state index in [0.717, 1.165) is 63.5 Å². The van der Waals surface area contributed by atoms with Crippen molar-refractivity contribution in [2.75, 3.05) is 0 Å². The Hall–Kier alpha value is -1.58.